The molecule has 0 radical (unpaired) electrons. The summed E-state index contributed by atoms with van der Waals surface area (Å²) in [6.07, 6.45) is 6.86. The Kier molecular flexibility index (Phi) is 2.91. The Bertz CT molecular complexity index is 254. The average molecular weight is 162 g/mol. The van der Waals surface area contributed by atoms with Crippen LogP contribution in [0.1, 0.15) is 40.5 Å². The van der Waals surface area contributed by atoms with Gasteiger partial charge < -0.3 is 0 Å². The topological polar surface area (TPSA) is 0 Å². The molecular formula is C12H18. The zero-order valence-corrected chi connectivity index (χ0v) is 8.57. The average Bonchev–Trinajstić information content (AvgIpc) is 2.04. The van der Waals surface area contributed by atoms with Gasteiger partial charge in [0.2, 0.25) is 0 Å². The summed E-state index contributed by atoms with van der Waals surface area (Å²) in [6.45, 7) is 8.79. The number of hydrogen-bond donors (Lipinski definition) is 0. The van der Waals surface area contributed by atoms with Gasteiger partial charge in [-0.25, -0.2) is 0 Å². The highest BCUT2D eigenvalue weighted by molar-refractivity contribution is 5.35. The molecule has 1 aliphatic rings. The maximum Gasteiger partial charge on any atom is -0.00623 e. The van der Waals surface area contributed by atoms with Crippen LogP contribution in [0.4, 0.5) is 0 Å². The van der Waals surface area contributed by atoms with Crippen molar-refractivity contribution in [2.75, 3.05) is 0 Å². The standard InChI is InChI=1S/C12H18/c1-9(2)11-6-5-7-12(8-11)10(3)4/h5-6H,7-8H2,1-4H3. The van der Waals surface area contributed by atoms with Gasteiger partial charge in [0.1, 0.15) is 0 Å². The van der Waals surface area contributed by atoms with Gasteiger partial charge in [-0.05, 0) is 46.1 Å². The largest absolute Gasteiger partial charge is 0.0802 e. The van der Waals surface area contributed by atoms with Crippen LogP contribution in [0.5, 0.6) is 0 Å². The van der Waals surface area contributed by atoms with Crippen molar-refractivity contribution >= 4 is 0 Å². The first-order chi connectivity index (χ1) is 5.61. The van der Waals surface area contributed by atoms with E-state index in [2.05, 4.69) is 39.8 Å². The Labute approximate surface area is 75.7 Å². The molecule has 12 heavy (non-hydrogen) atoms. The van der Waals surface area contributed by atoms with Crippen LogP contribution in [0.2, 0.25) is 0 Å². The molecule has 0 unspecified atom stereocenters. The summed E-state index contributed by atoms with van der Waals surface area (Å²) in [5, 5.41) is 0. The van der Waals surface area contributed by atoms with Crippen molar-refractivity contribution < 1.29 is 0 Å². The van der Waals surface area contributed by atoms with Crippen LogP contribution in [0.3, 0.4) is 0 Å². The Morgan fingerprint density at radius 2 is 1.75 bits per heavy atom. The van der Waals surface area contributed by atoms with Crippen molar-refractivity contribution in [3.8, 4) is 0 Å². The molecule has 0 bridgehead atoms. The predicted octanol–water partition coefficient (Wildman–Crippen LogP) is 4.01. The molecule has 0 heteroatoms. The first-order valence-corrected chi connectivity index (χ1v) is 4.59. The molecule has 0 nitrogen and oxygen atoms in total. The van der Waals surface area contributed by atoms with Gasteiger partial charge in [-0.3, -0.25) is 0 Å². The second-order valence-corrected chi connectivity index (χ2v) is 3.91. The Morgan fingerprint density at radius 3 is 2.25 bits per heavy atom. The predicted molar refractivity (Wildman–Crippen MR) is 55.1 cm³/mol. The van der Waals surface area contributed by atoms with Crippen LogP contribution >= 0.6 is 0 Å². The lowest BCUT2D eigenvalue weighted by molar-refractivity contribution is 0.978. The Balaban J connectivity index is 2.92. The fourth-order valence-corrected chi connectivity index (χ4v) is 1.43. The first kappa shape index (κ1) is 9.31. The van der Waals surface area contributed by atoms with E-state index in [0.29, 0.717) is 0 Å². The van der Waals surface area contributed by atoms with Gasteiger partial charge in [0, 0.05) is 0 Å². The van der Waals surface area contributed by atoms with E-state index in [0.717, 1.165) is 6.42 Å². The zero-order valence-electron chi connectivity index (χ0n) is 8.57. The summed E-state index contributed by atoms with van der Waals surface area (Å²) < 4.78 is 0. The van der Waals surface area contributed by atoms with Crippen LogP contribution in [0.15, 0.2) is 34.4 Å². The highest BCUT2D eigenvalue weighted by atomic mass is 14.1. The Hall–Kier alpha value is -0.780. The zero-order chi connectivity index (χ0) is 9.14. The molecule has 0 atom stereocenters. The van der Waals surface area contributed by atoms with Crippen molar-refractivity contribution in [3.63, 3.8) is 0 Å². The van der Waals surface area contributed by atoms with E-state index in [-0.39, 0.29) is 0 Å². The van der Waals surface area contributed by atoms with E-state index in [1.165, 1.54) is 23.1 Å². The monoisotopic (exact) mass is 162 g/mol. The van der Waals surface area contributed by atoms with Gasteiger partial charge in [-0.15, -0.1) is 0 Å². The van der Waals surface area contributed by atoms with Crippen LogP contribution in [-0.2, 0) is 0 Å². The minimum absolute atomic E-state index is 1.15. The van der Waals surface area contributed by atoms with Crippen molar-refractivity contribution in [3.05, 3.63) is 34.4 Å². The second kappa shape index (κ2) is 3.75. The highest BCUT2D eigenvalue weighted by Crippen LogP contribution is 2.26. The third-order valence-corrected chi connectivity index (χ3v) is 2.44. The van der Waals surface area contributed by atoms with Gasteiger partial charge in [0.05, 0.1) is 0 Å². The molecule has 0 spiro atoms. The molecule has 0 saturated heterocycles. The third-order valence-electron chi connectivity index (χ3n) is 2.44. The minimum atomic E-state index is 1.15. The van der Waals surface area contributed by atoms with Gasteiger partial charge in [0.15, 0.2) is 0 Å². The summed E-state index contributed by atoms with van der Waals surface area (Å²) in [6, 6.07) is 0. The van der Waals surface area contributed by atoms with Crippen molar-refractivity contribution in [2.24, 2.45) is 0 Å². The van der Waals surface area contributed by atoms with Crippen LogP contribution in [0, 0.1) is 0 Å². The third kappa shape index (κ3) is 2.10. The molecule has 66 valence electrons. The van der Waals surface area contributed by atoms with Crippen molar-refractivity contribution in [1.29, 1.82) is 0 Å². The van der Waals surface area contributed by atoms with Gasteiger partial charge in [-0.1, -0.05) is 28.9 Å². The van der Waals surface area contributed by atoms with Crippen molar-refractivity contribution in [2.45, 2.75) is 40.5 Å². The lowest BCUT2D eigenvalue weighted by Crippen LogP contribution is -1.95. The minimum Gasteiger partial charge on any atom is -0.0802 e. The van der Waals surface area contributed by atoms with Crippen molar-refractivity contribution in [1.82, 2.24) is 0 Å². The number of allylic oxidation sites excluding steroid dienone is 6. The summed E-state index contributed by atoms with van der Waals surface area (Å²) >= 11 is 0. The normalized spacial score (nSPS) is 16.7. The van der Waals surface area contributed by atoms with Gasteiger partial charge >= 0.3 is 0 Å². The van der Waals surface area contributed by atoms with Crippen LogP contribution < -0.4 is 0 Å². The summed E-state index contributed by atoms with van der Waals surface area (Å²) in [7, 11) is 0. The number of rotatable bonds is 0. The lowest BCUT2D eigenvalue weighted by Gasteiger charge is -2.15. The van der Waals surface area contributed by atoms with E-state index in [9.17, 15) is 0 Å². The molecule has 0 aromatic rings. The summed E-state index contributed by atoms with van der Waals surface area (Å²) in [5.41, 5.74) is 6.02. The molecular weight excluding hydrogens is 144 g/mol. The number of hydrogen-bond acceptors (Lipinski definition) is 0. The molecule has 0 heterocycles. The lowest BCUT2D eigenvalue weighted by atomic mass is 9.91. The smallest absolute Gasteiger partial charge is 0.00623 e. The molecule has 1 rings (SSSR count). The van der Waals surface area contributed by atoms with E-state index in [1.54, 1.807) is 5.57 Å². The van der Waals surface area contributed by atoms with Crippen LogP contribution in [-0.4, -0.2) is 0 Å². The van der Waals surface area contributed by atoms with Gasteiger partial charge in [0.25, 0.3) is 0 Å². The second-order valence-electron chi connectivity index (χ2n) is 3.91. The maximum atomic E-state index is 2.27. The first-order valence-electron chi connectivity index (χ1n) is 4.59. The molecule has 0 fully saturated rings. The molecule has 0 aliphatic heterocycles. The Morgan fingerprint density at radius 1 is 1.08 bits per heavy atom. The maximum absolute atomic E-state index is 2.27. The van der Waals surface area contributed by atoms with E-state index < -0.39 is 0 Å². The van der Waals surface area contributed by atoms with E-state index in [1.807, 2.05) is 0 Å². The fourth-order valence-electron chi connectivity index (χ4n) is 1.43. The van der Waals surface area contributed by atoms with E-state index >= 15 is 0 Å². The quantitative estimate of drug-likeness (QED) is 0.472. The molecule has 1 aliphatic carbocycles. The highest BCUT2D eigenvalue weighted by Gasteiger charge is 2.06. The van der Waals surface area contributed by atoms with E-state index in [4.69, 9.17) is 0 Å². The molecule has 0 saturated carbocycles. The summed E-state index contributed by atoms with van der Waals surface area (Å²) in [4.78, 5) is 0. The summed E-state index contributed by atoms with van der Waals surface area (Å²) in [5.74, 6) is 0. The fraction of sp³-hybridized carbons (Fsp3) is 0.500. The SMILES string of the molecule is CC(C)=C1C=CCC(=C(C)C)C1. The molecule has 0 N–H and O–H groups in total. The van der Waals surface area contributed by atoms with Crippen LogP contribution in [0.25, 0.3) is 0 Å². The molecule has 0 aromatic carbocycles. The molecule has 0 amide bonds. The molecule has 0 aromatic heterocycles. The van der Waals surface area contributed by atoms with Gasteiger partial charge in [-0.2, -0.15) is 0 Å².